The first-order valence-electron chi connectivity index (χ1n) is 10.6. The SMILES string of the molecule is CCNC(=O)C[NH+](CC)CC(=O)c1cc(C)n(C[C@H]2COc3ccccc3O2)c1C. The van der Waals surface area contributed by atoms with E-state index in [0.29, 0.717) is 44.9 Å². The van der Waals surface area contributed by atoms with Crippen molar-refractivity contribution < 1.29 is 24.0 Å². The fraction of sp³-hybridized carbons (Fsp3) is 0.478. The van der Waals surface area contributed by atoms with Crippen LogP contribution in [0.25, 0.3) is 0 Å². The number of nitrogens with one attached hydrogen (secondary N) is 2. The Kier molecular flexibility index (Phi) is 7.15. The molecule has 3 rings (SSSR count). The molecule has 1 unspecified atom stereocenters. The van der Waals surface area contributed by atoms with Crippen molar-refractivity contribution in [2.24, 2.45) is 0 Å². The summed E-state index contributed by atoms with van der Waals surface area (Å²) in [7, 11) is 0. The van der Waals surface area contributed by atoms with Gasteiger partial charge in [0.2, 0.25) is 5.78 Å². The van der Waals surface area contributed by atoms with E-state index in [2.05, 4.69) is 9.88 Å². The van der Waals surface area contributed by atoms with Gasteiger partial charge in [-0.3, -0.25) is 9.59 Å². The lowest BCUT2D eigenvalue weighted by Crippen LogP contribution is -3.13. The van der Waals surface area contributed by atoms with Gasteiger partial charge in [0.05, 0.1) is 13.1 Å². The van der Waals surface area contributed by atoms with Gasteiger partial charge in [-0.25, -0.2) is 0 Å². The molecule has 1 aliphatic rings. The number of aromatic nitrogens is 1. The van der Waals surface area contributed by atoms with Gasteiger partial charge in [-0.2, -0.15) is 0 Å². The number of para-hydroxylation sites is 2. The van der Waals surface area contributed by atoms with Crippen LogP contribution >= 0.6 is 0 Å². The number of carbonyl (C=O) groups is 2. The summed E-state index contributed by atoms with van der Waals surface area (Å²) in [6.45, 7) is 10.9. The van der Waals surface area contributed by atoms with Crippen LogP contribution in [-0.4, -0.2) is 55.1 Å². The van der Waals surface area contributed by atoms with Crippen LogP contribution in [0.4, 0.5) is 0 Å². The van der Waals surface area contributed by atoms with Crippen molar-refractivity contribution in [2.45, 2.75) is 40.3 Å². The Morgan fingerprint density at radius 3 is 2.60 bits per heavy atom. The maximum atomic E-state index is 13.0. The summed E-state index contributed by atoms with van der Waals surface area (Å²) in [6.07, 6.45) is -0.122. The molecule has 0 saturated carbocycles. The van der Waals surface area contributed by atoms with Gasteiger partial charge in [0, 0.05) is 23.5 Å². The van der Waals surface area contributed by atoms with E-state index < -0.39 is 0 Å². The second-order valence-electron chi connectivity index (χ2n) is 7.73. The van der Waals surface area contributed by atoms with Crippen LogP contribution < -0.4 is 19.7 Å². The van der Waals surface area contributed by atoms with Crippen molar-refractivity contribution >= 4 is 11.7 Å². The molecule has 0 spiro atoms. The predicted octanol–water partition coefficient (Wildman–Crippen LogP) is 1.17. The van der Waals surface area contributed by atoms with Gasteiger partial charge < -0.3 is 24.3 Å². The van der Waals surface area contributed by atoms with E-state index in [9.17, 15) is 9.59 Å². The highest BCUT2D eigenvalue weighted by molar-refractivity contribution is 5.98. The Morgan fingerprint density at radius 1 is 1.17 bits per heavy atom. The fourth-order valence-corrected chi connectivity index (χ4v) is 3.84. The van der Waals surface area contributed by atoms with Crippen LogP contribution in [0, 0.1) is 13.8 Å². The largest absolute Gasteiger partial charge is 0.486 e. The minimum absolute atomic E-state index is 0.0256. The van der Waals surface area contributed by atoms with Gasteiger partial charge in [-0.15, -0.1) is 0 Å². The Hall–Kier alpha value is -2.80. The molecule has 2 aromatic rings. The molecular weight excluding hydrogens is 382 g/mol. The molecule has 30 heavy (non-hydrogen) atoms. The zero-order valence-corrected chi connectivity index (χ0v) is 18.3. The minimum Gasteiger partial charge on any atom is -0.486 e. The van der Waals surface area contributed by atoms with Gasteiger partial charge in [-0.1, -0.05) is 12.1 Å². The first-order chi connectivity index (χ1) is 14.4. The van der Waals surface area contributed by atoms with Crippen molar-refractivity contribution in [1.82, 2.24) is 9.88 Å². The maximum Gasteiger partial charge on any atom is 0.275 e. The Bertz CT molecular complexity index is 906. The normalized spacial score (nSPS) is 16.2. The number of ketones is 1. The van der Waals surface area contributed by atoms with Gasteiger partial charge in [-0.05, 0) is 45.9 Å². The predicted molar refractivity (Wildman–Crippen MR) is 115 cm³/mol. The monoisotopic (exact) mass is 414 g/mol. The third kappa shape index (κ3) is 5.02. The average molecular weight is 415 g/mol. The van der Waals surface area contributed by atoms with E-state index in [-0.39, 0.29) is 17.8 Å². The number of aryl methyl sites for hydroxylation is 1. The van der Waals surface area contributed by atoms with Crippen LogP contribution in [0.15, 0.2) is 30.3 Å². The smallest absolute Gasteiger partial charge is 0.275 e. The lowest BCUT2D eigenvalue weighted by molar-refractivity contribution is -0.881. The molecule has 162 valence electrons. The molecule has 0 aliphatic carbocycles. The first kappa shape index (κ1) is 21.9. The minimum atomic E-state index is -0.122. The summed E-state index contributed by atoms with van der Waals surface area (Å²) < 4.78 is 14.0. The van der Waals surface area contributed by atoms with Gasteiger partial charge >= 0.3 is 0 Å². The average Bonchev–Trinajstić information content (AvgIpc) is 3.01. The number of likely N-dealkylation sites (N-methyl/N-ethyl adjacent to an activating group) is 2. The summed E-state index contributed by atoms with van der Waals surface area (Å²) in [6, 6.07) is 9.60. The highest BCUT2D eigenvalue weighted by Gasteiger charge is 2.25. The summed E-state index contributed by atoms with van der Waals surface area (Å²) >= 11 is 0. The number of benzene rings is 1. The zero-order valence-electron chi connectivity index (χ0n) is 18.3. The van der Waals surface area contributed by atoms with Crippen molar-refractivity contribution in [3.05, 3.63) is 47.3 Å². The highest BCUT2D eigenvalue weighted by atomic mass is 16.6. The number of ether oxygens (including phenoxy) is 2. The van der Waals surface area contributed by atoms with Gasteiger partial charge in [0.25, 0.3) is 5.91 Å². The van der Waals surface area contributed by atoms with Crippen LogP contribution in [0.5, 0.6) is 11.5 Å². The number of Topliss-reactive ketones (excluding diaryl/α,β-unsaturated/α-hetero) is 1. The number of fused-ring (bicyclic) bond motifs is 1. The van der Waals surface area contributed by atoms with E-state index in [0.717, 1.165) is 27.8 Å². The standard InChI is InChI=1S/C23H31N3O4/c1-5-24-23(28)14-25(6-2)13-20(27)19-11-16(3)26(17(19)4)12-18-15-29-21-9-7-8-10-22(21)30-18/h7-11,18H,5-6,12-15H2,1-4H3,(H,24,28)/p+1/t18-/m0/s1. The summed E-state index contributed by atoms with van der Waals surface area (Å²) in [5.74, 6) is 1.55. The van der Waals surface area contributed by atoms with E-state index in [1.807, 2.05) is 58.0 Å². The third-order valence-electron chi connectivity index (χ3n) is 5.52. The van der Waals surface area contributed by atoms with Crippen LogP contribution in [0.3, 0.4) is 0 Å². The molecule has 0 fully saturated rings. The fourth-order valence-electron chi connectivity index (χ4n) is 3.84. The number of amides is 1. The van der Waals surface area contributed by atoms with Gasteiger partial charge in [0.1, 0.15) is 13.2 Å². The third-order valence-corrected chi connectivity index (χ3v) is 5.52. The topological polar surface area (TPSA) is 74.0 Å². The molecule has 7 heteroatoms. The lowest BCUT2D eigenvalue weighted by Gasteiger charge is -2.27. The second kappa shape index (κ2) is 9.80. The zero-order chi connectivity index (χ0) is 21.7. The highest BCUT2D eigenvalue weighted by Crippen LogP contribution is 2.31. The molecule has 2 atom stereocenters. The number of hydrogen-bond acceptors (Lipinski definition) is 4. The Labute approximate surface area is 178 Å². The Morgan fingerprint density at radius 2 is 1.90 bits per heavy atom. The van der Waals surface area contributed by atoms with E-state index in [4.69, 9.17) is 9.47 Å². The first-order valence-corrected chi connectivity index (χ1v) is 10.6. The molecular formula is C23H32N3O4+. The lowest BCUT2D eigenvalue weighted by atomic mass is 10.1. The van der Waals surface area contributed by atoms with Gasteiger partial charge in [0.15, 0.2) is 24.1 Å². The second-order valence-corrected chi connectivity index (χ2v) is 7.73. The molecule has 1 aromatic carbocycles. The van der Waals surface area contributed by atoms with E-state index in [1.54, 1.807) is 0 Å². The summed E-state index contributed by atoms with van der Waals surface area (Å²) in [4.78, 5) is 25.8. The summed E-state index contributed by atoms with van der Waals surface area (Å²) in [5.41, 5.74) is 2.65. The molecule has 0 saturated heterocycles. The number of carbonyl (C=O) groups excluding carboxylic acids is 2. The Balaban J connectivity index is 1.67. The molecule has 2 N–H and O–H groups in total. The molecule has 2 heterocycles. The van der Waals surface area contributed by atoms with Crippen LogP contribution in [-0.2, 0) is 11.3 Å². The molecule has 1 aromatic heterocycles. The molecule has 7 nitrogen and oxygen atoms in total. The molecule has 0 bridgehead atoms. The quantitative estimate of drug-likeness (QED) is 0.604. The number of hydrogen-bond donors (Lipinski definition) is 2. The van der Waals surface area contributed by atoms with E-state index >= 15 is 0 Å². The molecule has 0 radical (unpaired) electrons. The number of quaternary nitrogens is 1. The van der Waals surface area contributed by atoms with Crippen LogP contribution in [0.1, 0.15) is 35.6 Å². The van der Waals surface area contributed by atoms with Crippen molar-refractivity contribution in [2.75, 3.05) is 32.8 Å². The number of rotatable bonds is 9. The maximum absolute atomic E-state index is 13.0. The molecule has 1 amide bonds. The number of nitrogens with zero attached hydrogens (tertiary/aromatic N) is 1. The van der Waals surface area contributed by atoms with Crippen molar-refractivity contribution in [3.63, 3.8) is 0 Å². The summed E-state index contributed by atoms with van der Waals surface area (Å²) in [5, 5.41) is 2.80. The van der Waals surface area contributed by atoms with Crippen molar-refractivity contribution in [1.29, 1.82) is 0 Å². The molecule has 1 aliphatic heterocycles. The van der Waals surface area contributed by atoms with E-state index in [1.165, 1.54) is 0 Å². The van der Waals surface area contributed by atoms with Crippen molar-refractivity contribution in [3.8, 4) is 11.5 Å². The van der Waals surface area contributed by atoms with Crippen LogP contribution in [0.2, 0.25) is 0 Å².